The van der Waals surface area contributed by atoms with Crippen LogP contribution < -0.4 is 5.32 Å². The fourth-order valence-corrected chi connectivity index (χ4v) is 3.24. The summed E-state index contributed by atoms with van der Waals surface area (Å²) in [6.45, 7) is 2.18. The highest BCUT2D eigenvalue weighted by Crippen LogP contribution is 2.29. The van der Waals surface area contributed by atoms with Gasteiger partial charge in [0.05, 0.1) is 24.9 Å². The summed E-state index contributed by atoms with van der Waals surface area (Å²) in [6, 6.07) is 10.1. The molecule has 0 aliphatic rings. The van der Waals surface area contributed by atoms with Crippen LogP contribution in [-0.2, 0) is 17.8 Å². The van der Waals surface area contributed by atoms with Gasteiger partial charge in [0, 0.05) is 10.4 Å². The van der Waals surface area contributed by atoms with Crippen LogP contribution in [0, 0.1) is 12.7 Å². The predicted molar refractivity (Wildman–Crippen MR) is 86.5 cm³/mol. The van der Waals surface area contributed by atoms with Crippen LogP contribution in [0.4, 0.5) is 4.39 Å². The second kappa shape index (κ2) is 6.75. The molecule has 0 saturated carbocycles. The third kappa shape index (κ3) is 3.65. The molecule has 1 amide bonds. The average molecular weight is 330 g/mol. The fourth-order valence-electron chi connectivity index (χ4n) is 2.15. The minimum absolute atomic E-state index is 0.117. The Morgan fingerprint density at radius 1 is 1.30 bits per heavy atom. The molecule has 118 valence electrons. The minimum atomic E-state index is -0.310. The van der Waals surface area contributed by atoms with Crippen LogP contribution in [0.25, 0.3) is 10.6 Å². The van der Waals surface area contributed by atoms with Crippen LogP contribution in [0.2, 0.25) is 0 Å². The Kier molecular flexibility index (Phi) is 4.52. The van der Waals surface area contributed by atoms with Crippen molar-refractivity contribution < 1.29 is 13.6 Å². The first-order chi connectivity index (χ1) is 11.1. The number of amides is 1. The molecule has 3 aromatic rings. The zero-order valence-electron chi connectivity index (χ0n) is 12.5. The van der Waals surface area contributed by atoms with Crippen LogP contribution >= 0.6 is 11.3 Å². The Bertz CT molecular complexity index is 812. The third-order valence-corrected chi connectivity index (χ3v) is 4.55. The van der Waals surface area contributed by atoms with Gasteiger partial charge in [-0.25, -0.2) is 9.37 Å². The number of carbonyl (C=O) groups is 1. The Balaban J connectivity index is 1.69. The van der Waals surface area contributed by atoms with Crippen LogP contribution in [0.1, 0.15) is 16.3 Å². The molecule has 1 N–H and O–H groups in total. The number of nitrogens with zero attached hydrogens (tertiary/aromatic N) is 1. The molecule has 2 aromatic heterocycles. The van der Waals surface area contributed by atoms with Crippen molar-refractivity contribution in [2.45, 2.75) is 19.9 Å². The van der Waals surface area contributed by atoms with Crippen LogP contribution in [0.5, 0.6) is 0 Å². The second-order valence-corrected chi connectivity index (χ2v) is 6.12. The fraction of sp³-hybridized carbons (Fsp3) is 0.176. The van der Waals surface area contributed by atoms with E-state index < -0.39 is 0 Å². The highest BCUT2D eigenvalue weighted by molar-refractivity contribution is 7.15. The molecular weight excluding hydrogens is 315 g/mol. The van der Waals surface area contributed by atoms with Crippen molar-refractivity contribution in [2.24, 2.45) is 0 Å². The van der Waals surface area contributed by atoms with Gasteiger partial charge in [-0.1, -0.05) is 12.1 Å². The third-order valence-electron chi connectivity index (χ3n) is 3.36. The molecule has 0 bridgehead atoms. The summed E-state index contributed by atoms with van der Waals surface area (Å²) in [5.74, 6) is 0.273. The smallest absolute Gasteiger partial charge is 0.225 e. The first kappa shape index (κ1) is 15.4. The molecule has 1 aromatic carbocycles. The van der Waals surface area contributed by atoms with Gasteiger partial charge >= 0.3 is 0 Å². The number of hydrogen-bond acceptors (Lipinski definition) is 4. The molecule has 0 spiro atoms. The zero-order valence-corrected chi connectivity index (χ0v) is 13.3. The molecule has 0 saturated heterocycles. The van der Waals surface area contributed by atoms with Gasteiger partial charge in [-0.15, -0.1) is 11.3 Å². The number of hydrogen-bond donors (Lipinski definition) is 1. The van der Waals surface area contributed by atoms with Crippen molar-refractivity contribution in [1.82, 2.24) is 10.3 Å². The molecule has 0 radical (unpaired) electrons. The average Bonchev–Trinajstić information content (AvgIpc) is 3.16. The quantitative estimate of drug-likeness (QED) is 0.776. The monoisotopic (exact) mass is 330 g/mol. The Morgan fingerprint density at radius 3 is 2.87 bits per heavy atom. The normalized spacial score (nSPS) is 10.7. The van der Waals surface area contributed by atoms with Gasteiger partial charge in [-0.3, -0.25) is 4.79 Å². The lowest BCUT2D eigenvalue weighted by Gasteiger charge is -2.02. The molecule has 3 rings (SSSR count). The molecule has 0 fully saturated rings. The van der Waals surface area contributed by atoms with E-state index in [0.717, 1.165) is 10.6 Å². The SMILES string of the molecule is Cc1nc(-c2ccccc2F)sc1CC(=O)NCc1ccco1. The van der Waals surface area contributed by atoms with Gasteiger partial charge in [0.15, 0.2) is 0 Å². The largest absolute Gasteiger partial charge is 0.467 e. The van der Waals surface area contributed by atoms with E-state index in [0.29, 0.717) is 22.9 Å². The lowest BCUT2D eigenvalue weighted by Crippen LogP contribution is -2.24. The number of furan rings is 1. The van der Waals surface area contributed by atoms with Crippen LogP contribution in [0.15, 0.2) is 47.1 Å². The van der Waals surface area contributed by atoms with Crippen molar-refractivity contribution in [3.63, 3.8) is 0 Å². The van der Waals surface area contributed by atoms with Crippen molar-refractivity contribution in [3.8, 4) is 10.6 Å². The van der Waals surface area contributed by atoms with Gasteiger partial charge in [0.1, 0.15) is 16.6 Å². The van der Waals surface area contributed by atoms with E-state index in [9.17, 15) is 9.18 Å². The summed E-state index contributed by atoms with van der Waals surface area (Å²) in [6.07, 6.45) is 1.79. The molecule has 0 unspecified atom stereocenters. The molecule has 23 heavy (non-hydrogen) atoms. The standard InChI is InChI=1S/C17H15FN2O2S/c1-11-15(9-16(21)19-10-12-5-4-8-22-12)23-17(20-11)13-6-2-3-7-14(13)18/h2-8H,9-10H2,1H3,(H,19,21). The lowest BCUT2D eigenvalue weighted by molar-refractivity contribution is -0.120. The van der Waals surface area contributed by atoms with E-state index in [4.69, 9.17) is 4.42 Å². The second-order valence-electron chi connectivity index (χ2n) is 5.04. The number of rotatable bonds is 5. The van der Waals surface area contributed by atoms with Gasteiger partial charge in [-0.05, 0) is 31.2 Å². The van der Waals surface area contributed by atoms with Crippen LogP contribution in [-0.4, -0.2) is 10.9 Å². The van der Waals surface area contributed by atoms with Crippen molar-refractivity contribution in [3.05, 3.63) is 64.8 Å². The van der Waals surface area contributed by atoms with Crippen LogP contribution in [0.3, 0.4) is 0 Å². The van der Waals surface area contributed by atoms with E-state index in [1.807, 2.05) is 6.92 Å². The molecule has 0 aliphatic carbocycles. The Morgan fingerprint density at radius 2 is 2.13 bits per heavy atom. The summed E-state index contributed by atoms with van der Waals surface area (Å²) >= 11 is 1.34. The van der Waals surface area contributed by atoms with Crippen molar-refractivity contribution in [1.29, 1.82) is 0 Å². The molecule has 0 aliphatic heterocycles. The molecule has 2 heterocycles. The number of nitrogens with one attached hydrogen (secondary N) is 1. The summed E-state index contributed by atoms with van der Waals surface area (Å²) in [4.78, 5) is 17.2. The van der Waals surface area contributed by atoms with Crippen molar-refractivity contribution in [2.75, 3.05) is 0 Å². The number of aromatic nitrogens is 1. The van der Waals surface area contributed by atoms with Gasteiger partial charge in [0.25, 0.3) is 0 Å². The molecular formula is C17H15FN2O2S. The van der Waals surface area contributed by atoms with E-state index >= 15 is 0 Å². The molecule has 4 nitrogen and oxygen atoms in total. The van der Waals surface area contributed by atoms with Gasteiger partial charge in [-0.2, -0.15) is 0 Å². The predicted octanol–water partition coefficient (Wildman–Crippen LogP) is 3.71. The lowest BCUT2D eigenvalue weighted by atomic mass is 10.2. The molecule has 6 heteroatoms. The molecule has 0 atom stereocenters. The summed E-state index contributed by atoms with van der Waals surface area (Å²) in [5.41, 5.74) is 1.21. The maximum absolute atomic E-state index is 13.8. The highest BCUT2D eigenvalue weighted by Gasteiger charge is 2.15. The van der Waals surface area contributed by atoms with Gasteiger partial charge < -0.3 is 9.73 Å². The first-order valence-electron chi connectivity index (χ1n) is 7.14. The number of carbonyl (C=O) groups excluding carboxylic acids is 1. The maximum Gasteiger partial charge on any atom is 0.225 e. The summed E-state index contributed by atoms with van der Waals surface area (Å²) < 4.78 is 19.0. The minimum Gasteiger partial charge on any atom is -0.467 e. The number of halogens is 1. The van der Waals surface area contributed by atoms with Gasteiger partial charge in [0.2, 0.25) is 5.91 Å². The number of aryl methyl sites for hydroxylation is 1. The zero-order chi connectivity index (χ0) is 16.2. The summed E-state index contributed by atoms with van der Waals surface area (Å²) in [5, 5.41) is 3.39. The Hall–Kier alpha value is -2.47. The number of thiazole rings is 1. The van der Waals surface area contributed by atoms with E-state index in [2.05, 4.69) is 10.3 Å². The number of benzene rings is 1. The van der Waals surface area contributed by atoms with E-state index in [-0.39, 0.29) is 18.1 Å². The van der Waals surface area contributed by atoms with E-state index in [1.54, 1.807) is 36.6 Å². The van der Waals surface area contributed by atoms with Crippen molar-refractivity contribution >= 4 is 17.2 Å². The first-order valence-corrected chi connectivity index (χ1v) is 7.95. The summed E-state index contributed by atoms with van der Waals surface area (Å²) in [7, 11) is 0. The topological polar surface area (TPSA) is 55.1 Å². The Labute approximate surface area is 137 Å². The van der Waals surface area contributed by atoms with E-state index in [1.165, 1.54) is 17.4 Å². The highest BCUT2D eigenvalue weighted by atomic mass is 32.1. The maximum atomic E-state index is 13.8.